The van der Waals surface area contributed by atoms with Crippen LogP contribution >= 0.6 is 11.8 Å². The van der Waals surface area contributed by atoms with Crippen molar-refractivity contribution >= 4 is 29.2 Å². The molecule has 5 heteroatoms. The summed E-state index contributed by atoms with van der Waals surface area (Å²) in [7, 11) is 0. The molecule has 0 aromatic heterocycles. The minimum absolute atomic E-state index is 0.300. The topological polar surface area (TPSA) is 55.7 Å². The lowest BCUT2D eigenvalue weighted by Gasteiger charge is -2.08. The van der Waals surface area contributed by atoms with Crippen LogP contribution < -0.4 is 0 Å². The van der Waals surface area contributed by atoms with E-state index in [1.807, 2.05) is 18.2 Å². The van der Waals surface area contributed by atoms with Gasteiger partial charge in [0.25, 0.3) is 5.78 Å². The lowest BCUT2D eigenvalue weighted by atomic mass is 10.0. The third kappa shape index (κ3) is 8.35. The average Bonchev–Trinajstić information content (AvgIpc) is 2.86. The van der Waals surface area contributed by atoms with Crippen LogP contribution in [0.1, 0.15) is 54.9 Å². The van der Waals surface area contributed by atoms with E-state index in [1.54, 1.807) is 42.1 Å². The summed E-state index contributed by atoms with van der Waals surface area (Å²) in [5, 5.41) is 4.09. The number of carbonyl (C=O) groups excluding carboxylic acids is 2. The number of Topliss-reactive ketones (excluding diaryl/α,β-unsaturated/α-hetero) is 1. The summed E-state index contributed by atoms with van der Waals surface area (Å²) in [5.41, 5.74) is 2.16. The smallest absolute Gasteiger partial charge is 0.309 e. The molecule has 4 nitrogen and oxygen atoms in total. The summed E-state index contributed by atoms with van der Waals surface area (Å²) in [4.78, 5) is 31.9. The predicted molar refractivity (Wildman–Crippen MR) is 134 cm³/mol. The summed E-state index contributed by atoms with van der Waals surface area (Å²) in [5.74, 6) is -1.64. The quantitative estimate of drug-likeness (QED) is 0.0722. The van der Waals surface area contributed by atoms with Gasteiger partial charge in [-0.25, -0.2) is 4.79 Å². The van der Waals surface area contributed by atoms with Crippen molar-refractivity contribution in [1.29, 1.82) is 0 Å². The number of benzene rings is 3. The lowest BCUT2D eigenvalue weighted by Crippen LogP contribution is -2.16. The molecule has 3 aromatic rings. The van der Waals surface area contributed by atoms with E-state index in [9.17, 15) is 9.59 Å². The van der Waals surface area contributed by atoms with Crippen molar-refractivity contribution in [3.8, 4) is 0 Å². The maximum atomic E-state index is 12.3. The van der Waals surface area contributed by atoms with Crippen LogP contribution in [0.15, 0.2) is 99.9 Å². The van der Waals surface area contributed by atoms with Gasteiger partial charge in [-0.1, -0.05) is 104 Å². The third-order valence-corrected chi connectivity index (χ3v) is 6.12. The normalized spacial score (nSPS) is 11.2. The maximum Gasteiger partial charge on any atom is 0.405 e. The van der Waals surface area contributed by atoms with Crippen LogP contribution in [0.5, 0.6) is 0 Å². The molecule has 0 amide bonds. The van der Waals surface area contributed by atoms with Gasteiger partial charge in [0.1, 0.15) is 0 Å². The van der Waals surface area contributed by atoms with Crippen LogP contribution in [0.2, 0.25) is 0 Å². The molecule has 0 radical (unpaired) electrons. The predicted octanol–water partition coefficient (Wildman–Crippen LogP) is 7.13. The Bertz CT molecular complexity index is 1050. The molecule has 0 heterocycles. The molecule has 0 aliphatic carbocycles. The highest BCUT2D eigenvalue weighted by Gasteiger charge is 2.18. The van der Waals surface area contributed by atoms with E-state index in [2.05, 4.69) is 48.5 Å². The molecule has 0 fully saturated rings. The van der Waals surface area contributed by atoms with Crippen LogP contribution in [0, 0.1) is 0 Å². The molecule has 0 atom stereocenters. The van der Waals surface area contributed by atoms with Crippen molar-refractivity contribution in [2.75, 3.05) is 0 Å². The Labute approximate surface area is 200 Å². The highest BCUT2D eigenvalue weighted by molar-refractivity contribution is 7.99. The molecular weight excluding hydrogens is 430 g/mol. The van der Waals surface area contributed by atoms with Crippen LogP contribution in [-0.2, 0) is 16.1 Å². The fourth-order valence-corrected chi connectivity index (χ4v) is 4.15. The molecule has 0 N–H and O–H groups in total. The van der Waals surface area contributed by atoms with E-state index in [0.717, 1.165) is 48.3 Å². The van der Waals surface area contributed by atoms with Gasteiger partial charge in [0.2, 0.25) is 0 Å². The van der Waals surface area contributed by atoms with Crippen molar-refractivity contribution < 1.29 is 14.4 Å². The Morgan fingerprint density at radius 2 is 1.42 bits per heavy atom. The van der Waals surface area contributed by atoms with Crippen LogP contribution in [0.3, 0.4) is 0 Å². The molecule has 0 saturated carbocycles. The molecule has 0 unspecified atom stereocenters. The van der Waals surface area contributed by atoms with Crippen molar-refractivity contribution in [3.63, 3.8) is 0 Å². The van der Waals surface area contributed by atoms with Crippen LogP contribution in [0.4, 0.5) is 0 Å². The molecule has 0 spiro atoms. The van der Waals surface area contributed by atoms with E-state index >= 15 is 0 Å². The second kappa shape index (κ2) is 13.4. The molecule has 0 aliphatic heterocycles. The van der Waals surface area contributed by atoms with Gasteiger partial charge in [-0.3, -0.25) is 4.79 Å². The SMILES string of the molecule is CCCCCC/C(Cc1ccc(Sc2ccccc2)cc1)=N\OC(=O)C(=O)c1ccccc1. The van der Waals surface area contributed by atoms with Gasteiger partial charge in [-0.05, 0) is 42.7 Å². The first-order valence-electron chi connectivity index (χ1n) is 11.3. The Hall–Kier alpha value is -3.18. The number of unbranched alkanes of at least 4 members (excludes halogenated alkanes) is 3. The molecule has 0 saturated heterocycles. The molecule has 33 heavy (non-hydrogen) atoms. The lowest BCUT2D eigenvalue weighted by molar-refractivity contribution is -0.138. The molecule has 3 rings (SSSR count). The zero-order valence-corrected chi connectivity index (χ0v) is 19.7. The molecular formula is C28H29NO3S. The van der Waals surface area contributed by atoms with E-state index < -0.39 is 11.8 Å². The summed E-state index contributed by atoms with van der Waals surface area (Å²) in [6.45, 7) is 2.17. The first kappa shape index (κ1) is 24.5. The number of ketones is 1. The van der Waals surface area contributed by atoms with Gasteiger partial charge in [0.15, 0.2) is 0 Å². The van der Waals surface area contributed by atoms with Crippen molar-refractivity contribution in [3.05, 3.63) is 96.1 Å². The summed E-state index contributed by atoms with van der Waals surface area (Å²) >= 11 is 1.71. The van der Waals surface area contributed by atoms with E-state index in [0.29, 0.717) is 12.0 Å². The second-order valence-corrected chi connectivity index (χ2v) is 8.92. The van der Waals surface area contributed by atoms with Gasteiger partial charge in [-0.2, -0.15) is 0 Å². The van der Waals surface area contributed by atoms with Crippen LogP contribution in [-0.4, -0.2) is 17.5 Å². The van der Waals surface area contributed by atoms with Gasteiger partial charge in [0, 0.05) is 21.8 Å². The first-order chi connectivity index (χ1) is 16.2. The number of rotatable bonds is 12. The first-order valence-corrected chi connectivity index (χ1v) is 12.2. The van der Waals surface area contributed by atoms with Crippen LogP contribution in [0.25, 0.3) is 0 Å². The summed E-state index contributed by atoms with van der Waals surface area (Å²) in [6.07, 6.45) is 5.68. The summed E-state index contributed by atoms with van der Waals surface area (Å²) in [6, 6.07) is 27.0. The number of oxime groups is 1. The Morgan fingerprint density at radius 3 is 2.09 bits per heavy atom. The Morgan fingerprint density at radius 1 is 0.788 bits per heavy atom. The van der Waals surface area contributed by atoms with Gasteiger partial charge < -0.3 is 4.84 Å². The van der Waals surface area contributed by atoms with E-state index in [-0.39, 0.29) is 0 Å². The maximum absolute atomic E-state index is 12.3. The monoisotopic (exact) mass is 459 g/mol. The fraction of sp³-hybridized carbons (Fsp3) is 0.250. The largest absolute Gasteiger partial charge is 0.405 e. The Kier molecular flexibility index (Phi) is 9.92. The summed E-state index contributed by atoms with van der Waals surface area (Å²) < 4.78 is 0. The minimum atomic E-state index is -0.957. The van der Waals surface area contributed by atoms with Gasteiger partial charge in [-0.15, -0.1) is 0 Å². The fourth-order valence-electron chi connectivity index (χ4n) is 3.31. The molecule has 0 aliphatic rings. The average molecular weight is 460 g/mol. The number of carbonyl (C=O) groups is 2. The highest BCUT2D eigenvalue weighted by atomic mass is 32.2. The number of hydrogen-bond donors (Lipinski definition) is 0. The van der Waals surface area contributed by atoms with Crippen molar-refractivity contribution in [2.45, 2.75) is 55.2 Å². The van der Waals surface area contributed by atoms with Crippen molar-refractivity contribution in [1.82, 2.24) is 0 Å². The van der Waals surface area contributed by atoms with E-state index in [1.165, 1.54) is 4.90 Å². The zero-order chi connectivity index (χ0) is 23.3. The molecule has 0 bridgehead atoms. The van der Waals surface area contributed by atoms with E-state index in [4.69, 9.17) is 4.84 Å². The number of hydrogen-bond acceptors (Lipinski definition) is 5. The van der Waals surface area contributed by atoms with Crippen molar-refractivity contribution in [2.24, 2.45) is 5.16 Å². The van der Waals surface area contributed by atoms with Gasteiger partial charge >= 0.3 is 5.97 Å². The molecule has 3 aromatic carbocycles. The standard InChI is InChI=1S/C28H29NO3S/c1-2-3-4-9-14-24(29-32-28(31)27(30)23-12-7-5-8-13-23)21-22-17-19-26(20-18-22)33-25-15-10-6-11-16-25/h5-8,10-13,15-20H,2-4,9,14,21H2,1H3/b29-24+. The highest BCUT2D eigenvalue weighted by Crippen LogP contribution is 2.27. The third-order valence-electron chi connectivity index (χ3n) is 5.11. The van der Waals surface area contributed by atoms with Gasteiger partial charge in [0.05, 0.1) is 5.71 Å². The number of nitrogens with zero attached hydrogens (tertiary/aromatic N) is 1. The Balaban J connectivity index is 1.64. The minimum Gasteiger partial charge on any atom is -0.309 e. The second-order valence-electron chi connectivity index (χ2n) is 7.78. The molecule has 170 valence electrons. The zero-order valence-electron chi connectivity index (χ0n) is 18.9.